The third kappa shape index (κ3) is 3.75. The second-order valence-corrected chi connectivity index (χ2v) is 7.23. The summed E-state index contributed by atoms with van der Waals surface area (Å²) in [4.78, 5) is 31.6. The van der Waals surface area contributed by atoms with Crippen LogP contribution in [0.2, 0.25) is 0 Å². The molecule has 0 spiro atoms. The lowest BCUT2D eigenvalue weighted by Gasteiger charge is -2.42. The van der Waals surface area contributed by atoms with Gasteiger partial charge in [-0.3, -0.25) is 14.5 Å². The first-order valence-corrected chi connectivity index (χ1v) is 9.51. The van der Waals surface area contributed by atoms with Crippen LogP contribution in [-0.2, 0) is 9.59 Å². The number of hydrogen-bond acceptors (Lipinski definition) is 4. The van der Waals surface area contributed by atoms with Crippen molar-refractivity contribution in [2.24, 2.45) is 11.1 Å². The third-order valence-corrected chi connectivity index (χ3v) is 6.12. The van der Waals surface area contributed by atoms with Gasteiger partial charge in [0.25, 0.3) is 0 Å². The molecule has 0 aromatic rings. The van der Waals surface area contributed by atoms with E-state index in [0.717, 1.165) is 51.9 Å². The van der Waals surface area contributed by atoms with Crippen molar-refractivity contribution in [1.82, 2.24) is 14.7 Å². The smallest absolute Gasteiger partial charge is 0.239 e. The van der Waals surface area contributed by atoms with Crippen LogP contribution in [0.5, 0.6) is 0 Å². The fraction of sp³-hybridized carbons (Fsp3) is 0.889. The molecule has 2 aliphatic heterocycles. The van der Waals surface area contributed by atoms with E-state index in [1.165, 1.54) is 0 Å². The van der Waals surface area contributed by atoms with Crippen LogP contribution in [0.25, 0.3) is 0 Å². The molecule has 2 rings (SSSR count). The lowest BCUT2D eigenvalue weighted by atomic mass is 9.80. The van der Waals surface area contributed by atoms with Gasteiger partial charge < -0.3 is 15.5 Å². The molecule has 138 valence electrons. The fourth-order valence-corrected chi connectivity index (χ4v) is 3.93. The zero-order valence-corrected chi connectivity index (χ0v) is 15.6. The standard InChI is InChI=1S/C18H34N4O2/c1-4-18(5-2,14-19)17(24)22-12-10-20(11-13-22)15(3)16(23)21-8-6-7-9-21/h15H,4-14,19H2,1-3H3. The van der Waals surface area contributed by atoms with Gasteiger partial charge in [0, 0.05) is 45.8 Å². The van der Waals surface area contributed by atoms with Crippen LogP contribution in [0, 0.1) is 5.41 Å². The number of rotatable bonds is 6. The number of likely N-dealkylation sites (tertiary alicyclic amines) is 1. The normalized spacial score (nSPS) is 21.2. The van der Waals surface area contributed by atoms with Crippen molar-refractivity contribution in [3.63, 3.8) is 0 Å². The number of carbonyl (C=O) groups is 2. The van der Waals surface area contributed by atoms with E-state index in [1.807, 2.05) is 30.6 Å². The molecule has 2 fully saturated rings. The minimum absolute atomic E-state index is 0.0861. The highest BCUT2D eigenvalue weighted by Crippen LogP contribution is 2.28. The van der Waals surface area contributed by atoms with Crippen LogP contribution in [0.15, 0.2) is 0 Å². The van der Waals surface area contributed by atoms with Crippen molar-refractivity contribution in [2.45, 2.75) is 52.5 Å². The summed E-state index contributed by atoms with van der Waals surface area (Å²) in [5, 5.41) is 0. The molecule has 0 aliphatic carbocycles. The molecule has 2 N–H and O–H groups in total. The predicted octanol–water partition coefficient (Wildman–Crippen LogP) is 0.907. The molecular formula is C18H34N4O2. The van der Waals surface area contributed by atoms with Crippen molar-refractivity contribution >= 4 is 11.8 Å². The lowest BCUT2D eigenvalue weighted by Crippen LogP contribution is -2.58. The van der Waals surface area contributed by atoms with Gasteiger partial charge in [-0.1, -0.05) is 13.8 Å². The number of amides is 2. The Hall–Kier alpha value is -1.14. The zero-order valence-electron chi connectivity index (χ0n) is 15.6. The summed E-state index contributed by atoms with van der Waals surface area (Å²) in [7, 11) is 0. The van der Waals surface area contributed by atoms with Gasteiger partial charge in [0.15, 0.2) is 0 Å². The largest absolute Gasteiger partial charge is 0.341 e. The third-order valence-electron chi connectivity index (χ3n) is 6.12. The number of hydrogen-bond donors (Lipinski definition) is 1. The van der Waals surface area contributed by atoms with Crippen LogP contribution in [-0.4, -0.2) is 78.4 Å². The summed E-state index contributed by atoms with van der Waals surface area (Å²) >= 11 is 0. The maximum Gasteiger partial charge on any atom is 0.239 e. The Kier molecular flexibility index (Phi) is 6.63. The molecule has 1 atom stereocenters. The Morgan fingerprint density at radius 3 is 1.96 bits per heavy atom. The molecule has 24 heavy (non-hydrogen) atoms. The highest BCUT2D eigenvalue weighted by Gasteiger charge is 2.39. The van der Waals surface area contributed by atoms with Crippen LogP contribution >= 0.6 is 0 Å². The van der Waals surface area contributed by atoms with Gasteiger partial charge >= 0.3 is 0 Å². The first-order valence-electron chi connectivity index (χ1n) is 9.51. The molecule has 0 saturated carbocycles. The first kappa shape index (κ1) is 19.2. The Labute approximate surface area is 146 Å². The maximum atomic E-state index is 12.9. The van der Waals surface area contributed by atoms with Gasteiger partial charge in [0.1, 0.15) is 0 Å². The molecule has 2 amide bonds. The van der Waals surface area contributed by atoms with Crippen molar-refractivity contribution in [3.05, 3.63) is 0 Å². The molecule has 0 radical (unpaired) electrons. The second-order valence-electron chi connectivity index (χ2n) is 7.23. The van der Waals surface area contributed by atoms with Crippen LogP contribution < -0.4 is 5.73 Å². The van der Waals surface area contributed by atoms with E-state index in [1.54, 1.807) is 0 Å². The van der Waals surface area contributed by atoms with Gasteiger partial charge in [0.2, 0.25) is 11.8 Å². The molecule has 1 unspecified atom stereocenters. The summed E-state index contributed by atoms with van der Waals surface area (Å²) in [5.41, 5.74) is 5.50. The van der Waals surface area contributed by atoms with Crippen molar-refractivity contribution in [2.75, 3.05) is 45.8 Å². The SMILES string of the molecule is CCC(CC)(CN)C(=O)N1CCN(C(C)C(=O)N2CCCC2)CC1. The van der Waals surface area contributed by atoms with Gasteiger partial charge in [-0.15, -0.1) is 0 Å². The van der Waals surface area contributed by atoms with E-state index in [2.05, 4.69) is 4.90 Å². The molecule has 2 aliphatic rings. The molecule has 2 heterocycles. The molecule has 2 saturated heterocycles. The number of piperazine rings is 1. The Balaban J connectivity index is 1.90. The number of carbonyl (C=O) groups excluding carboxylic acids is 2. The van der Waals surface area contributed by atoms with E-state index in [9.17, 15) is 9.59 Å². The summed E-state index contributed by atoms with van der Waals surface area (Å²) in [6.45, 7) is 11.2. The fourth-order valence-electron chi connectivity index (χ4n) is 3.93. The molecule has 0 aromatic carbocycles. The summed E-state index contributed by atoms with van der Waals surface area (Å²) < 4.78 is 0. The highest BCUT2D eigenvalue weighted by atomic mass is 16.2. The topological polar surface area (TPSA) is 69.9 Å². The minimum Gasteiger partial charge on any atom is -0.341 e. The van der Waals surface area contributed by atoms with Gasteiger partial charge in [-0.05, 0) is 32.6 Å². The number of nitrogens with zero attached hydrogens (tertiary/aromatic N) is 3. The second kappa shape index (κ2) is 8.30. The maximum absolute atomic E-state index is 12.9. The highest BCUT2D eigenvalue weighted by molar-refractivity contribution is 5.83. The van der Waals surface area contributed by atoms with Crippen LogP contribution in [0.1, 0.15) is 46.5 Å². The van der Waals surface area contributed by atoms with Crippen LogP contribution in [0.3, 0.4) is 0 Å². The molecule has 6 heteroatoms. The van der Waals surface area contributed by atoms with E-state index < -0.39 is 5.41 Å². The minimum atomic E-state index is -0.418. The predicted molar refractivity (Wildman–Crippen MR) is 95.5 cm³/mol. The van der Waals surface area contributed by atoms with Crippen LogP contribution in [0.4, 0.5) is 0 Å². The Morgan fingerprint density at radius 1 is 0.958 bits per heavy atom. The average Bonchev–Trinajstić information content (AvgIpc) is 3.17. The quantitative estimate of drug-likeness (QED) is 0.781. The Bertz CT molecular complexity index is 428. The Morgan fingerprint density at radius 2 is 1.50 bits per heavy atom. The van der Waals surface area contributed by atoms with Gasteiger partial charge in [0.05, 0.1) is 11.5 Å². The van der Waals surface area contributed by atoms with E-state index in [0.29, 0.717) is 19.6 Å². The lowest BCUT2D eigenvalue weighted by molar-refractivity contribution is -0.145. The first-order chi connectivity index (χ1) is 11.5. The molecule has 0 aromatic heterocycles. The van der Waals surface area contributed by atoms with Crippen molar-refractivity contribution in [3.8, 4) is 0 Å². The van der Waals surface area contributed by atoms with Crippen molar-refractivity contribution < 1.29 is 9.59 Å². The molecule has 6 nitrogen and oxygen atoms in total. The monoisotopic (exact) mass is 338 g/mol. The number of nitrogens with two attached hydrogens (primary N) is 1. The summed E-state index contributed by atoms with van der Waals surface area (Å²) in [6, 6.07) is -0.0861. The molecular weight excluding hydrogens is 304 g/mol. The average molecular weight is 338 g/mol. The summed E-state index contributed by atoms with van der Waals surface area (Å²) in [5.74, 6) is 0.430. The van der Waals surface area contributed by atoms with Gasteiger partial charge in [-0.25, -0.2) is 0 Å². The van der Waals surface area contributed by atoms with E-state index >= 15 is 0 Å². The van der Waals surface area contributed by atoms with E-state index in [4.69, 9.17) is 5.73 Å². The van der Waals surface area contributed by atoms with Crippen molar-refractivity contribution in [1.29, 1.82) is 0 Å². The summed E-state index contributed by atoms with van der Waals surface area (Å²) in [6.07, 6.45) is 3.80. The zero-order chi connectivity index (χ0) is 17.7. The van der Waals surface area contributed by atoms with Gasteiger partial charge in [-0.2, -0.15) is 0 Å². The molecule has 0 bridgehead atoms. The van der Waals surface area contributed by atoms with E-state index in [-0.39, 0.29) is 17.9 Å².